The number of esters is 1. The first kappa shape index (κ1) is 10.9. The fraction of sp³-hybridized carbons (Fsp3) is 0.889. The number of nitrogens with one attached hydrogen (secondary N) is 1. The molecule has 86 valence electrons. The van der Waals surface area contributed by atoms with Crippen molar-refractivity contribution < 1.29 is 17.9 Å². The monoisotopic (exact) mass is 233 g/mol. The molecule has 0 saturated carbocycles. The van der Waals surface area contributed by atoms with Gasteiger partial charge >= 0.3 is 5.97 Å². The van der Waals surface area contributed by atoms with Crippen molar-refractivity contribution in [2.45, 2.75) is 11.7 Å². The van der Waals surface area contributed by atoms with Gasteiger partial charge in [-0.15, -0.1) is 0 Å². The molecule has 0 aliphatic carbocycles. The summed E-state index contributed by atoms with van der Waals surface area (Å²) in [4.78, 5) is 11.1. The zero-order valence-electron chi connectivity index (χ0n) is 8.60. The number of hydrogen-bond donors (Lipinski definition) is 1. The van der Waals surface area contributed by atoms with E-state index in [1.807, 2.05) is 0 Å². The average Bonchev–Trinajstić information content (AvgIpc) is 2.71. The van der Waals surface area contributed by atoms with Crippen LogP contribution in [0.15, 0.2) is 0 Å². The molecule has 2 heterocycles. The van der Waals surface area contributed by atoms with Gasteiger partial charge in [0.2, 0.25) is 0 Å². The molecule has 3 atom stereocenters. The van der Waals surface area contributed by atoms with Crippen LogP contribution in [0.4, 0.5) is 0 Å². The van der Waals surface area contributed by atoms with Gasteiger partial charge in [-0.25, -0.2) is 8.42 Å². The van der Waals surface area contributed by atoms with E-state index in [4.69, 9.17) is 0 Å². The van der Waals surface area contributed by atoms with E-state index >= 15 is 0 Å². The highest BCUT2D eigenvalue weighted by Crippen LogP contribution is 2.36. The number of carbonyl (C=O) groups is 1. The highest BCUT2D eigenvalue weighted by atomic mass is 32.2. The first-order valence-corrected chi connectivity index (χ1v) is 6.75. The summed E-state index contributed by atoms with van der Waals surface area (Å²) in [5, 5.41) is 2.78. The van der Waals surface area contributed by atoms with Crippen molar-refractivity contribution in [1.29, 1.82) is 0 Å². The summed E-state index contributed by atoms with van der Waals surface area (Å²) in [5.74, 6) is -0.154. The molecule has 2 aliphatic heterocycles. The molecule has 2 saturated heterocycles. The lowest BCUT2D eigenvalue weighted by Crippen LogP contribution is -2.22. The lowest BCUT2D eigenvalue weighted by Gasteiger charge is -2.13. The maximum Gasteiger partial charge on any atom is 0.305 e. The van der Waals surface area contributed by atoms with Crippen LogP contribution in [0, 0.1) is 11.8 Å². The number of hydrogen-bond acceptors (Lipinski definition) is 5. The zero-order chi connectivity index (χ0) is 11.1. The Hall–Kier alpha value is -0.620. The Kier molecular flexibility index (Phi) is 2.72. The number of carbonyl (C=O) groups excluding carboxylic acids is 1. The Balaban J connectivity index is 2.12. The van der Waals surface area contributed by atoms with Crippen molar-refractivity contribution in [3.05, 3.63) is 0 Å². The third kappa shape index (κ3) is 1.88. The Morgan fingerprint density at radius 2 is 2.20 bits per heavy atom. The largest absolute Gasteiger partial charge is 0.469 e. The van der Waals surface area contributed by atoms with E-state index < -0.39 is 9.84 Å². The Labute approximate surface area is 89.1 Å². The number of fused-ring (bicyclic) bond motifs is 1. The molecular formula is C9H15NO4S. The lowest BCUT2D eigenvalue weighted by atomic mass is 9.91. The number of ether oxygens (including phenoxy) is 1. The summed E-state index contributed by atoms with van der Waals surface area (Å²) >= 11 is 0. The van der Waals surface area contributed by atoms with Gasteiger partial charge in [-0.2, -0.15) is 0 Å². The Morgan fingerprint density at radius 3 is 2.87 bits per heavy atom. The molecule has 0 aromatic heterocycles. The van der Waals surface area contributed by atoms with Crippen molar-refractivity contribution in [3.8, 4) is 0 Å². The van der Waals surface area contributed by atoms with Crippen LogP contribution in [0.3, 0.4) is 0 Å². The molecule has 2 rings (SSSR count). The Bertz CT molecular complexity index is 364. The second-order valence-corrected chi connectivity index (χ2v) is 6.49. The number of sulfone groups is 1. The van der Waals surface area contributed by atoms with Crippen molar-refractivity contribution in [1.82, 2.24) is 5.32 Å². The molecule has 0 radical (unpaired) electrons. The highest BCUT2D eigenvalue weighted by Gasteiger charge is 2.49. The van der Waals surface area contributed by atoms with E-state index in [0.717, 1.165) is 0 Å². The van der Waals surface area contributed by atoms with E-state index in [2.05, 4.69) is 10.1 Å². The third-order valence-corrected chi connectivity index (χ3v) is 5.70. The summed E-state index contributed by atoms with van der Waals surface area (Å²) in [6, 6.07) is 0. The molecule has 15 heavy (non-hydrogen) atoms. The predicted molar refractivity (Wildman–Crippen MR) is 54.1 cm³/mol. The van der Waals surface area contributed by atoms with Gasteiger partial charge in [-0.3, -0.25) is 4.79 Å². The van der Waals surface area contributed by atoms with Crippen LogP contribution in [0.2, 0.25) is 0 Å². The van der Waals surface area contributed by atoms with E-state index in [-0.39, 0.29) is 35.2 Å². The second-order valence-electron chi connectivity index (χ2n) is 4.23. The molecule has 5 nitrogen and oxygen atoms in total. The first-order chi connectivity index (χ1) is 7.04. The number of rotatable bonds is 2. The predicted octanol–water partition coefficient (Wildman–Crippen LogP) is -0.818. The molecule has 0 bridgehead atoms. The van der Waals surface area contributed by atoms with E-state index in [1.54, 1.807) is 0 Å². The van der Waals surface area contributed by atoms with Crippen molar-refractivity contribution in [3.63, 3.8) is 0 Å². The molecule has 0 spiro atoms. The summed E-state index contributed by atoms with van der Waals surface area (Å²) in [6.07, 6.45) is 0.221. The van der Waals surface area contributed by atoms with Gasteiger partial charge in [-0.1, -0.05) is 0 Å². The van der Waals surface area contributed by atoms with Crippen LogP contribution in [0.25, 0.3) is 0 Å². The van der Waals surface area contributed by atoms with Crippen LogP contribution < -0.4 is 5.32 Å². The lowest BCUT2D eigenvalue weighted by molar-refractivity contribution is -0.141. The maximum absolute atomic E-state index is 11.7. The minimum atomic E-state index is -3.00. The SMILES string of the molecule is COC(=O)CC1CS(=O)(=O)C2CNCC12. The van der Waals surface area contributed by atoms with Crippen LogP contribution in [0.1, 0.15) is 6.42 Å². The van der Waals surface area contributed by atoms with Crippen LogP contribution in [-0.4, -0.2) is 45.6 Å². The molecule has 2 aliphatic rings. The van der Waals surface area contributed by atoms with Gasteiger partial charge < -0.3 is 10.1 Å². The van der Waals surface area contributed by atoms with Crippen LogP contribution in [-0.2, 0) is 19.4 Å². The average molecular weight is 233 g/mol. The summed E-state index contributed by atoms with van der Waals surface area (Å²) < 4.78 is 28.0. The summed E-state index contributed by atoms with van der Waals surface area (Å²) in [6.45, 7) is 1.23. The molecule has 6 heteroatoms. The van der Waals surface area contributed by atoms with Gasteiger partial charge in [-0.05, 0) is 18.4 Å². The molecule has 1 N–H and O–H groups in total. The maximum atomic E-state index is 11.7. The minimum absolute atomic E-state index is 0.0672. The van der Waals surface area contributed by atoms with Gasteiger partial charge in [0.05, 0.1) is 18.1 Å². The van der Waals surface area contributed by atoms with E-state index in [9.17, 15) is 13.2 Å². The molecular weight excluding hydrogens is 218 g/mol. The second kappa shape index (κ2) is 3.75. The minimum Gasteiger partial charge on any atom is -0.469 e. The van der Waals surface area contributed by atoms with E-state index in [0.29, 0.717) is 13.1 Å². The van der Waals surface area contributed by atoms with E-state index in [1.165, 1.54) is 7.11 Å². The van der Waals surface area contributed by atoms with Crippen LogP contribution in [0.5, 0.6) is 0 Å². The molecule has 3 unspecified atom stereocenters. The molecule has 0 aromatic carbocycles. The molecule has 0 aromatic rings. The van der Waals surface area contributed by atoms with Crippen molar-refractivity contribution in [2.24, 2.45) is 11.8 Å². The highest BCUT2D eigenvalue weighted by molar-refractivity contribution is 7.92. The van der Waals surface area contributed by atoms with Gasteiger partial charge in [0.15, 0.2) is 9.84 Å². The topological polar surface area (TPSA) is 72.5 Å². The Morgan fingerprint density at radius 1 is 1.47 bits per heavy atom. The standard InChI is InChI=1S/C9H15NO4S/c1-14-9(11)2-6-5-15(12,13)8-4-10-3-7(6)8/h6-8,10H,2-5H2,1H3. The van der Waals surface area contributed by atoms with Crippen LogP contribution >= 0.6 is 0 Å². The quantitative estimate of drug-likeness (QED) is 0.631. The normalized spacial score (nSPS) is 37.5. The fourth-order valence-corrected chi connectivity index (χ4v) is 5.02. The van der Waals surface area contributed by atoms with Crippen molar-refractivity contribution >= 4 is 15.8 Å². The third-order valence-electron chi connectivity index (χ3n) is 3.37. The molecule has 0 amide bonds. The smallest absolute Gasteiger partial charge is 0.305 e. The van der Waals surface area contributed by atoms with Gasteiger partial charge in [0.1, 0.15) is 0 Å². The number of methoxy groups -OCH3 is 1. The molecule has 2 fully saturated rings. The van der Waals surface area contributed by atoms with Gasteiger partial charge in [0.25, 0.3) is 0 Å². The fourth-order valence-electron chi connectivity index (χ4n) is 2.59. The summed E-state index contributed by atoms with van der Waals surface area (Å²) in [7, 11) is -1.67. The summed E-state index contributed by atoms with van der Waals surface area (Å²) in [5.41, 5.74) is 0. The van der Waals surface area contributed by atoms with Gasteiger partial charge in [0, 0.05) is 13.0 Å². The van der Waals surface area contributed by atoms with Crippen molar-refractivity contribution in [2.75, 3.05) is 26.0 Å². The zero-order valence-corrected chi connectivity index (χ0v) is 9.42. The first-order valence-electron chi connectivity index (χ1n) is 5.03.